The summed E-state index contributed by atoms with van der Waals surface area (Å²) in [6, 6.07) is 8.03. The van der Waals surface area contributed by atoms with Gasteiger partial charge in [-0.3, -0.25) is 48.6 Å². The van der Waals surface area contributed by atoms with Crippen LogP contribution in [0.5, 0.6) is 5.75 Å². The number of ether oxygens (including phenoxy) is 1. The summed E-state index contributed by atoms with van der Waals surface area (Å²) < 4.78 is 36.4. The number of piperazine rings is 1. The molecule has 2 amide bonds. The number of nitrogens with one attached hydrogen (secondary N) is 1. The topological polar surface area (TPSA) is 287 Å². The molecule has 6 N–H and O–H groups in total. The number of nitriles is 1. The molecule has 1 aromatic carbocycles. The Kier molecular flexibility index (Phi) is 28.0. The van der Waals surface area contributed by atoms with Crippen LogP contribution in [0.15, 0.2) is 34.9 Å². The van der Waals surface area contributed by atoms with Crippen LogP contribution >= 0.6 is 0 Å². The average molecular weight is 970 g/mol. The van der Waals surface area contributed by atoms with Crippen LogP contribution < -0.4 is 16.0 Å². The summed E-state index contributed by atoms with van der Waals surface area (Å²) in [6.07, 6.45) is 3.30. The third-order valence-electron chi connectivity index (χ3n) is 11.0. The molecule has 2 aromatic rings. The summed E-state index contributed by atoms with van der Waals surface area (Å²) in [5, 5.41) is 37.3. The first-order valence-corrected chi connectivity index (χ1v) is 21.9. The van der Waals surface area contributed by atoms with Crippen molar-refractivity contribution in [1.82, 2.24) is 39.6 Å². The number of alkyl halides is 2. The fourth-order valence-electron chi connectivity index (χ4n) is 7.44. The number of aliphatic hydroxyl groups is 1. The smallest absolute Gasteiger partial charge is 0.360 e. The number of fused-ring (bicyclic) bond motifs is 1. The Morgan fingerprint density at radius 1 is 0.868 bits per heavy atom. The van der Waals surface area contributed by atoms with E-state index < -0.39 is 23.9 Å². The van der Waals surface area contributed by atoms with E-state index in [2.05, 4.69) is 26.0 Å². The number of aldehydes is 2. The maximum atomic E-state index is 13.4. The molecular weight excluding hydrogens is 903 g/mol. The van der Waals surface area contributed by atoms with Crippen LogP contribution in [0.3, 0.4) is 0 Å². The molecule has 0 unspecified atom stereocenters. The first kappa shape index (κ1) is 58.7. The van der Waals surface area contributed by atoms with Crippen LogP contribution in [0.25, 0.3) is 11.0 Å². The highest BCUT2D eigenvalue weighted by atomic mass is 19.3. The highest BCUT2D eigenvalue weighted by molar-refractivity contribution is 6.06. The van der Waals surface area contributed by atoms with Gasteiger partial charge in [0.2, 0.25) is 5.91 Å². The van der Waals surface area contributed by atoms with Crippen LogP contribution in [0, 0.1) is 11.3 Å². The number of rotatable bonds is 17. The van der Waals surface area contributed by atoms with Crippen LogP contribution in [0.1, 0.15) is 23.2 Å². The number of carboxylic acid groups (broad SMARTS) is 2. The summed E-state index contributed by atoms with van der Waals surface area (Å²) >= 11 is 0. The van der Waals surface area contributed by atoms with E-state index in [1.165, 1.54) is 25.3 Å². The summed E-state index contributed by atoms with van der Waals surface area (Å²) in [4.78, 5) is 91.3. The first-order chi connectivity index (χ1) is 32.6. The zero-order valence-electron chi connectivity index (χ0n) is 39.0. The van der Waals surface area contributed by atoms with Crippen molar-refractivity contribution < 1.29 is 71.9 Å². The van der Waals surface area contributed by atoms with Gasteiger partial charge in [-0.25, -0.2) is 18.1 Å². The molecule has 1 atom stereocenters. The van der Waals surface area contributed by atoms with Gasteiger partial charge in [-0.1, -0.05) is 0 Å². The number of nitrogens with two attached hydrogens (primary N) is 1. The number of hydrogen-bond donors (Lipinski definition) is 5. The van der Waals surface area contributed by atoms with E-state index in [0.29, 0.717) is 101 Å². The Hall–Kier alpha value is -5.40. The zero-order valence-corrected chi connectivity index (χ0v) is 39.0. The molecule has 68 heavy (non-hydrogen) atoms. The second-order valence-electron chi connectivity index (χ2n) is 15.8. The van der Waals surface area contributed by atoms with Crippen molar-refractivity contribution in [2.45, 2.75) is 24.8 Å². The van der Waals surface area contributed by atoms with E-state index in [0.717, 1.165) is 39.5 Å². The largest absolute Gasteiger partial charge is 0.494 e. The molecule has 0 spiro atoms. The number of hydrogen-bond acceptors (Lipinski definition) is 18. The lowest BCUT2D eigenvalue weighted by molar-refractivity contribution is -0.277. The molecule has 0 bridgehead atoms. The van der Waals surface area contributed by atoms with Gasteiger partial charge in [-0.2, -0.15) is 11.2 Å². The highest BCUT2D eigenvalue weighted by Crippen LogP contribution is 2.30. The summed E-state index contributed by atoms with van der Waals surface area (Å²) in [5.41, 5.74) is 0.905. The van der Waals surface area contributed by atoms with Crippen LogP contribution in [0.2, 0.25) is 0 Å². The van der Waals surface area contributed by atoms with E-state index >= 15 is 0 Å². The van der Waals surface area contributed by atoms with E-state index in [4.69, 9.17) is 19.5 Å². The lowest BCUT2D eigenvalue weighted by Crippen LogP contribution is -2.53. The normalized spacial score (nSPS) is 18.9. The number of carboxylic acids is 2. The molecule has 4 heterocycles. The number of benzene rings is 1. The number of carbonyl (C=O) groups is 6. The Morgan fingerprint density at radius 2 is 1.41 bits per heavy atom. The monoisotopic (exact) mass is 969 g/mol. The molecule has 0 aliphatic carbocycles. The fraction of sp³-hybridized carbons (Fsp3) is 0.628. The zero-order chi connectivity index (χ0) is 50.5. The van der Waals surface area contributed by atoms with E-state index in [-0.39, 0.29) is 57.5 Å². The maximum Gasteiger partial charge on any atom is 0.360 e. The highest BCUT2D eigenvalue weighted by Gasteiger charge is 2.43. The number of carbonyl (C=O) groups excluding carboxylic acids is 4. The number of likely N-dealkylation sites (tertiary alicyclic amines) is 1. The predicted octanol–water partition coefficient (Wildman–Crippen LogP) is -0.959. The molecule has 380 valence electrons. The van der Waals surface area contributed by atoms with E-state index in [9.17, 15) is 47.8 Å². The van der Waals surface area contributed by atoms with Crippen LogP contribution in [0.4, 0.5) is 8.78 Å². The number of aliphatic hydroxyl groups excluding tert-OH is 1. The quantitative estimate of drug-likeness (QED) is 0.0420. The Balaban J connectivity index is 0.000000845. The lowest BCUT2D eigenvalue weighted by Gasteiger charge is -2.37. The van der Waals surface area contributed by atoms with Gasteiger partial charge in [0, 0.05) is 111 Å². The Bertz CT molecular complexity index is 1910. The molecule has 3 fully saturated rings. The van der Waals surface area contributed by atoms with Crippen molar-refractivity contribution >= 4 is 47.3 Å². The van der Waals surface area contributed by atoms with Crippen molar-refractivity contribution in [3.8, 4) is 11.8 Å². The lowest BCUT2D eigenvalue weighted by atomic mass is 10.1. The molecule has 23 nitrogen and oxygen atoms in total. The SMILES string of the molecule is CN1CC(F)(F)C[C@H]1C#N.CO.COON.O=CCNC(=O)c1cc[o+]c2ccc(OCCCN3CCN(C(=O)CN4CCN(CC=O)CCN(CC(=O)O)CCN(CC(=O)O)CC4)CC3)cc12. The predicted molar refractivity (Wildman–Crippen MR) is 241 cm³/mol. The summed E-state index contributed by atoms with van der Waals surface area (Å²) in [7, 11) is 3.87. The number of halogens is 2. The second kappa shape index (κ2) is 32.4. The molecule has 3 aliphatic heterocycles. The number of aliphatic carboxylic acids is 2. The van der Waals surface area contributed by atoms with Crippen molar-refractivity contribution in [3.63, 3.8) is 0 Å². The summed E-state index contributed by atoms with van der Waals surface area (Å²) in [5.74, 6) is -0.0801. The van der Waals surface area contributed by atoms with Crippen molar-refractivity contribution in [2.24, 2.45) is 5.90 Å². The van der Waals surface area contributed by atoms with Crippen molar-refractivity contribution in [3.05, 3.63) is 36.1 Å². The van der Waals surface area contributed by atoms with Gasteiger partial charge in [0.1, 0.15) is 24.4 Å². The minimum Gasteiger partial charge on any atom is -0.494 e. The van der Waals surface area contributed by atoms with Crippen molar-refractivity contribution in [1.29, 1.82) is 5.26 Å². The van der Waals surface area contributed by atoms with E-state index in [1.807, 2.05) is 20.8 Å². The minimum atomic E-state index is -2.66. The third-order valence-corrected chi connectivity index (χ3v) is 11.0. The molecule has 3 aliphatic rings. The average Bonchev–Trinajstić information content (AvgIpc) is 3.61. The van der Waals surface area contributed by atoms with Gasteiger partial charge < -0.3 is 39.9 Å². The maximum absolute atomic E-state index is 13.4. The van der Waals surface area contributed by atoms with Crippen LogP contribution in [-0.4, -0.2) is 250 Å². The standard InChI is InChI=1S/C35H49N7O10.C6H8F2N2.CH5NO2.CH4O/c43-20-5-36-35(50)29-4-23-52-31-3-2-28(24-30(29)31)51-22-1-6-37-15-17-42(18-16-37)32(45)25-39-9-7-38(19-21-44)8-10-40(26-33(46)47)13-14-41(12-11-39)27-34(48)49;1-10-4-6(7,8)2-5(10)3-9;1-3-4-2;1-2/h2-4,20-21,23-24H,1,5-19,22,25-27H2,(H2-,36,46,47,48,49,50);5H,2,4H2,1H3;2H2,1H3;2H,1H3/p+1/t;5-;;/m.0../s1. The van der Waals surface area contributed by atoms with Gasteiger partial charge in [-0.05, 0) is 25.6 Å². The first-order valence-electron chi connectivity index (χ1n) is 21.9. The molecule has 25 heteroatoms. The molecule has 3 saturated heterocycles. The minimum absolute atomic E-state index is 0.00307. The van der Waals surface area contributed by atoms with Gasteiger partial charge in [0.25, 0.3) is 11.8 Å². The van der Waals surface area contributed by atoms with Gasteiger partial charge in [-0.15, -0.1) is 4.99 Å². The molecule has 0 saturated carbocycles. The molecule has 5 rings (SSSR count). The number of nitrogens with zero attached hydrogens (tertiary/aromatic N) is 8. The van der Waals surface area contributed by atoms with Crippen molar-refractivity contribution in [2.75, 3.05) is 152 Å². The number of amides is 2. The molecule has 0 radical (unpaired) electrons. The van der Waals surface area contributed by atoms with Gasteiger partial charge >= 0.3 is 23.8 Å². The molecular formula is C43H67F2N10O13+. The second-order valence-corrected chi connectivity index (χ2v) is 15.8. The Labute approximate surface area is 394 Å². The van der Waals surface area contributed by atoms with Gasteiger partial charge in [0.15, 0.2) is 0 Å². The Morgan fingerprint density at radius 3 is 1.88 bits per heavy atom. The van der Waals surface area contributed by atoms with E-state index in [1.54, 1.807) is 34.1 Å². The van der Waals surface area contributed by atoms with Gasteiger partial charge in [0.05, 0.1) is 70.0 Å². The summed E-state index contributed by atoms with van der Waals surface area (Å²) in [6.45, 7) is 6.96. The fourth-order valence-corrected chi connectivity index (χ4v) is 7.44. The van der Waals surface area contributed by atoms with Crippen LogP contribution in [-0.2, 0) is 33.8 Å². The third kappa shape index (κ3) is 22.1. The molecule has 1 aromatic heterocycles.